The van der Waals surface area contributed by atoms with Crippen molar-refractivity contribution in [2.24, 2.45) is 5.16 Å². The lowest BCUT2D eigenvalue weighted by molar-refractivity contribution is -0.110. The summed E-state index contributed by atoms with van der Waals surface area (Å²) in [5, 5.41) is 6.59. The molecule has 4 rings (SSSR count). The average Bonchev–Trinajstić information content (AvgIpc) is 3.53. The largest absolute Gasteiger partial charge is 0.392 e. The second-order valence-electron chi connectivity index (χ2n) is 8.81. The Bertz CT molecular complexity index is 1100. The van der Waals surface area contributed by atoms with Gasteiger partial charge < -0.3 is 15.1 Å². The summed E-state index contributed by atoms with van der Waals surface area (Å²) in [4.78, 5) is 29.5. The van der Waals surface area contributed by atoms with Crippen LogP contribution in [0.3, 0.4) is 0 Å². The van der Waals surface area contributed by atoms with Crippen LogP contribution in [0.25, 0.3) is 0 Å². The van der Waals surface area contributed by atoms with Crippen LogP contribution in [0.4, 0.5) is 5.82 Å². The number of carbonyl (C=O) groups excluding carboxylic acids is 1. The van der Waals surface area contributed by atoms with Crippen LogP contribution in [0, 0.1) is 0 Å². The van der Waals surface area contributed by atoms with Crippen molar-refractivity contribution >= 4 is 27.3 Å². The molecule has 0 radical (unpaired) electrons. The van der Waals surface area contributed by atoms with Gasteiger partial charge >= 0.3 is 0 Å². The average molecular weight is 472 g/mol. The minimum Gasteiger partial charge on any atom is -0.392 e. The fourth-order valence-corrected chi connectivity index (χ4v) is 5.38. The minimum atomic E-state index is -3.31. The Morgan fingerprint density at radius 1 is 1.09 bits per heavy atom. The summed E-state index contributed by atoms with van der Waals surface area (Å²) in [6, 6.07) is 6.24. The summed E-state index contributed by atoms with van der Waals surface area (Å²) in [6.07, 6.45) is 8.43. The molecule has 0 bridgehead atoms. The lowest BCUT2D eigenvalue weighted by Crippen LogP contribution is -2.25. The molecular weight excluding hydrogens is 442 g/mol. The third kappa shape index (κ3) is 5.94. The van der Waals surface area contributed by atoms with E-state index < -0.39 is 15.7 Å². The maximum absolute atomic E-state index is 13.1. The molecule has 2 aromatic rings. The van der Waals surface area contributed by atoms with Crippen molar-refractivity contribution < 1.29 is 18.0 Å². The molecule has 0 unspecified atom stereocenters. The first-order valence-corrected chi connectivity index (χ1v) is 12.7. The number of sulfone groups is 1. The van der Waals surface area contributed by atoms with Gasteiger partial charge in [0.05, 0.1) is 28.2 Å². The molecule has 0 atom stereocenters. The van der Waals surface area contributed by atoms with Crippen LogP contribution in [0.5, 0.6) is 0 Å². The first-order valence-electron chi connectivity index (χ1n) is 11.2. The third-order valence-corrected chi connectivity index (χ3v) is 7.93. The zero-order chi connectivity index (χ0) is 23.4. The number of hydrogen-bond acceptors (Lipinski definition) is 8. The number of aromatic nitrogens is 2. The summed E-state index contributed by atoms with van der Waals surface area (Å²) in [5.41, 5.74) is 1.32. The van der Waals surface area contributed by atoms with Crippen molar-refractivity contribution in [1.29, 1.82) is 0 Å². The maximum atomic E-state index is 13.1. The Kier molecular flexibility index (Phi) is 7.04. The number of amides is 1. The van der Waals surface area contributed by atoms with Gasteiger partial charge in [0.1, 0.15) is 6.10 Å². The fraction of sp³-hybridized carbons (Fsp3) is 0.478. The Morgan fingerprint density at radius 3 is 2.36 bits per heavy atom. The van der Waals surface area contributed by atoms with Gasteiger partial charge in [0.2, 0.25) is 0 Å². The number of rotatable bonds is 9. The number of carbonyl (C=O) groups is 1. The number of anilines is 1. The molecule has 0 aliphatic heterocycles. The highest BCUT2D eigenvalue weighted by Crippen LogP contribution is 2.33. The van der Waals surface area contributed by atoms with Gasteiger partial charge in [-0.1, -0.05) is 17.3 Å². The van der Waals surface area contributed by atoms with Crippen molar-refractivity contribution in [2.45, 2.75) is 61.3 Å². The normalized spacial score (nSPS) is 17.4. The number of hydrogen-bond donors (Lipinski definition) is 1. The molecule has 1 N–H and O–H groups in total. The van der Waals surface area contributed by atoms with E-state index in [0.29, 0.717) is 30.8 Å². The van der Waals surface area contributed by atoms with E-state index in [-0.39, 0.29) is 22.0 Å². The molecule has 1 amide bonds. The van der Waals surface area contributed by atoms with Gasteiger partial charge in [-0.2, -0.15) is 0 Å². The van der Waals surface area contributed by atoms with Crippen LogP contribution in [-0.2, 0) is 26.0 Å². The third-order valence-electron chi connectivity index (χ3n) is 5.65. The van der Waals surface area contributed by atoms with Crippen LogP contribution in [0.2, 0.25) is 0 Å². The quantitative estimate of drug-likeness (QED) is 0.442. The molecule has 2 fully saturated rings. The number of nitrogens with one attached hydrogen (secondary N) is 1. The van der Waals surface area contributed by atoms with Crippen molar-refractivity contribution in [1.82, 2.24) is 14.9 Å². The van der Waals surface area contributed by atoms with Gasteiger partial charge in [-0.25, -0.2) is 13.4 Å². The highest BCUT2D eigenvalue weighted by Gasteiger charge is 2.36. The van der Waals surface area contributed by atoms with Crippen LogP contribution in [0.1, 0.15) is 49.8 Å². The molecule has 1 aromatic heterocycles. The monoisotopic (exact) mass is 471 g/mol. The van der Waals surface area contributed by atoms with Crippen LogP contribution in [-0.4, -0.2) is 60.4 Å². The minimum absolute atomic E-state index is 0.0209. The number of nitrogens with zero attached hydrogens (tertiary/aromatic N) is 4. The topological polar surface area (TPSA) is 114 Å². The van der Waals surface area contributed by atoms with Gasteiger partial charge in [0, 0.05) is 12.1 Å². The molecule has 1 aromatic carbocycles. The lowest BCUT2D eigenvalue weighted by Gasteiger charge is -2.12. The molecule has 33 heavy (non-hydrogen) atoms. The van der Waals surface area contributed by atoms with Crippen molar-refractivity contribution in [2.75, 3.05) is 19.4 Å². The molecule has 9 nitrogen and oxygen atoms in total. The number of benzene rings is 1. The Morgan fingerprint density at radius 2 is 1.79 bits per heavy atom. The zero-order valence-corrected chi connectivity index (χ0v) is 19.7. The van der Waals surface area contributed by atoms with E-state index in [0.717, 1.165) is 31.4 Å². The van der Waals surface area contributed by atoms with Gasteiger partial charge in [-0.15, -0.1) is 0 Å². The predicted molar refractivity (Wildman–Crippen MR) is 125 cm³/mol. The molecule has 0 spiro atoms. The van der Waals surface area contributed by atoms with Gasteiger partial charge in [-0.3, -0.25) is 9.78 Å². The van der Waals surface area contributed by atoms with Crippen LogP contribution in [0.15, 0.2) is 46.7 Å². The summed E-state index contributed by atoms with van der Waals surface area (Å²) in [6.45, 7) is 0.638. The van der Waals surface area contributed by atoms with E-state index in [2.05, 4.69) is 20.4 Å². The first kappa shape index (κ1) is 23.3. The van der Waals surface area contributed by atoms with E-state index in [1.54, 1.807) is 18.3 Å². The lowest BCUT2D eigenvalue weighted by atomic mass is 10.1. The maximum Gasteiger partial charge on any atom is 0.279 e. The van der Waals surface area contributed by atoms with E-state index >= 15 is 0 Å². The summed E-state index contributed by atoms with van der Waals surface area (Å²) < 4.78 is 25.0. The standard InChI is InChI=1S/C23H29N5O4S/c1-28(2)15-17-13-25-21(14-24-17)26-23(29)22(27-32-18-5-3-4-6-18)16-7-9-19(10-8-16)33(30,31)20-11-12-20/h7-10,13-14,18,20H,3-6,11-12,15H2,1-2H3,(H,25,26,29)/b27-22+. The van der Waals surface area contributed by atoms with Crippen molar-refractivity contribution in [3.63, 3.8) is 0 Å². The van der Waals surface area contributed by atoms with Crippen molar-refractivity contribution in [3.05, 3.63) is 47.9 Å². The Hall–Kier alpha value is -2.85. The van der Waals surface area contributed by atoms with Gasteiger partial charge in [0.15, 0.2) is 21.4 Å². The van der Waals surface area contributed by atoms with E-state index in [4.69, 9.17) is 4.84 Å². The molecule has 1 heterocycles. The van der Waals surface area contributed by atoms with Crippen LogP contribution < -0.4 is 5.32 Å². The van der Waals surface area contributed by atoms with Crippen molar-refractivity contribution in [3.8, 4) is 0 Å². The second-order valence-corrected chi connectivity index (χ2v) is 11.0. The summed E-state index contributed by atoms with van der Waals surface area (Å²) >= 11 is 0. The zero-order valence-electron chi connectivity index (χ0n) is 18.9. The molecule has 2 aliphatic carbocycles. The summed E-state index contributed by atoms with van der Waals surface area (Å²) in [7, 11) is 0.564. The Balaban J connectivity index is 1.54. The molecule has 2 aliphatic rings. The molecule has 10 heteroatoms. The smallest absolute Gasteiger partial charge is 0.279 e. The molecule has 2 saturated carbocycles. The fourth-order valence-electron chi connectivity index (χ4n) is 3.72. The molecular formula is C23H29N5O4S. The molecule has 0 saturated heterocycles. The Labute approximate surface area is 194 Å². The molecule has 176 valence electrons. The van der Waals surface area contributed by atoms with Gasteiger partial charge in [-0.05, 0) is 64.8 Å². The second kappa shape index (κ2) is 9.96. The van der Waals surface area contributed by atoms with E-state index in [1.165, 1.54) is 18.3 Å². The van der Waals surface area contributed by atoms with Crippen LogP contribution >= 0.6 is 0 Å². The van der Waals surface area contributed by atoms with Gasteiger partial charge in [0.25, 0.3) is 5.91 Å². The first-order chi connectivity index (χ1) is 15.8. The SMILES string of the molecule is CN(C)Cc1cnc(NC(=O)/C(=N/OC2CCCC2)c2ccc(S(=O)(=O)C3CC3)cc2)cn1. The highest BCUT2D eigenvalue weighted by atomic mass is 32.2. The van der Waals surface area contributed by atoms with E-state index in [9.17, 15) is 13.2 Å². The summed E-state index contributed by atoms with van der Waals surface area (Å²) in [5.74, 6) is -0.204. The number of oxime groups is 1. The van der Waals surface area contributed by atoms with E-state index in [1.807, 2.05) is 19.0 Å². The predicted octanol–water partition coefficient (Wildman–Crippen LogP) is 2.78. The highest BCUT2D eigenvalue weighted by molar-refractivity contribution is 7.92.